The molecule has 1 unspecified atom stereocenters. The van der Waals surface area contributed by atoms with Crippen molar-refractivity contribution in [2.75, 3.05) is 33.8 Å². The second-order valence-corrected chi connectivity index (χ2v) is 13.6. The molecule has 0 saturated heterocycles. The molecule has 4 aromatic carbocycles. The third-order valence-corrected chi connectivity index (χ3v) is 10.1. The maximum absolute atomic E-state index is 14.2. The summed E-state index contributed by atoms with van der Waals surface area (Å²) in [6.07, 6.45) is 1.71. The van der Waals surface area contributed by atoms with Crippen LogP contribution in [0, 0.1) is 0 Å². The van der Waals surface area contributed by atoms with Crippen molar-refractivity contribution < 1.29 is 14.3 Å². The van der Waals surface area contributed by atoms with E-state index in [-0.39, 0.29) is 5.97 Å². The topological polar surface area (TPSA) is 42.0 Å². The van der Waals surface area contributed by atoms with Crippen LogP contribution in [0.15, 0.2) is 115 Å². The first-order chi connectivity index (χ1) is 23.4. The van der Waals surface area contributed by atoms with Gasteiger partial charge in [-0.25, -0.2) is 4.79 Å². The van der Waals surface area contributed by atoms with E-state index in [0.717, 1.165) is 59.5 Å². The van der Waals surface area contributed by atoms with Crippen LogP contribution >= 0.6 is 22.9 Å². The summed E-state index contributed by atoms with van der Waals surface area (Å²) in [6.45, 7) is 5.06. The Morgan fingerprint density at radius 2 is 1.62 bits per heavy atom. The van der Waals surface area contributed by atoms with E-state index in [9.17, 15) is 4.79 Å². The van der Waals surface area contributed by atoms with Gasteiger partial charge in [-0.15, -0.1) is 11.3 Å². The molecule has 48 heavy (non-hydrogen) atoms. The summed E-state index contributed by atoms with van der Waals surface area (Å²) in [7, 11) is 4.07. The van der Waals surface area contributed by atoms with Gasteiger partial charge < -0.3 is 14.4 Å². The van der Waals surface area contributed by atoms with Crippen molar-refractivity contribution in [3.63, 3.8) is 0 Å². The number of hydrogen-bond acceptors (Lipinski definition) is 6. The first kappa shape index (κ1) is 33.7. The van der Waals surface area contributed by atoms with Crippen LogP contribution in [0.2, 0.25) is 5.02 Å². The Labute approximate surface area is 293 Å². The van der Waals surface area contributed by atoms with E-state index in [1.54, 1.807) is 11.3 Å². The summed E-state index contributed by atoms with van der Waals surface area (Å²) in [5, 5.41) is 2.68. The van der Waals surface area contributed by atoms with Crippen LogP contribution in [0.3, 0.4) is 0 Å². The quantitative estimate of drug-likeness (QED) is 0.0748. The van der Waals surface area contributed by atoms with Crippen molar-refractivity contribution in [2.24, 2.45) is 0 Å². The van der Waals surface area contributed by atoms with Crippen molar-refractivity contribution in [3.05, 3.63) is 152 Å². The molecule has 246 valence electrons. The summed E-state index contributed by atoms with van der Waals surface area (Å²) in [4.78, 5) is 19.9. The Morgan fingerprint density at radius 1 is 0.875 bits per heavy atom. The van der Waals surface area contributed by atoms with Crippen molar-refractivity contribution >= 4 is 40.1 Å². The molecule has 0 amide bonds. The van der Waals surface area contributed by atoms with Gasteiger partial charge in [0.2, 0.25) is 0 Å². The highest BCUT2D eigenvalue weighted by atomic mass is 35.5. The Hall–Kier alpha value is -4.20. The van der Waals surface area contributed by atoms with Crippen LogP contribution in [-0.4, -0.2) is 49.6 Å². The zero-order valence-corrected chi connectivity index (χ0v) is 29.3. The van der Waals surface area contributed by atoms with Gasteiger partial charge in [0.25, 0.3) is 0 Å². The Bertz CT molecular complexity index is 1870. The lowest BCUT2D eigenvalue weighted by Gasteiger charge is -2.33. The maximum atomic E-state index is 14.2. The van der Waals surface area contributed by atoms with Crippen LogP contribution in [-0.2, 0) is 17.8 Å². The van der Waals surface area contributed by atoms with E-state index >= 15 is 0 Å². The number of carbonyl (C=O) groups is 1. The number of likely N-dealkylation sites (N-methyl/N-ethyl adjacent to an activating group) is 1. The fourth-order valence-electron chi connectivity index (χ4n) is 6.29. The lowest BCUT2D eigenvalue weighted by molar-refractivity contribution is -0.141. The molecule has 0 saturated carbocycles. The lowest BCUT2D eigenvalue weighted by Crippen LogP contribution is -2.39. The van der Waals surface area contributed by atoms with E-state index in [2.05, 4.69) is 70.6 Å². The van der Waals surface area contributed by atoms with Gasteiger partial charge in [0, 0.05) is 29.5 Å². The zero-order valence-electron chi connectivity index (χ0n) is 27.7. The van der Waals surface area contributed by atoms with E-state index in [4.69, 9.17) is 21.1 Å². The smallest absolute Gasteiger partial charge is 0.333 e. The highest BCUT2D eigenvalue weighted by Crippen LogP contribution is 2.38. The van der Waals surface area contributed by atoms with Gasteiger partial charge in [-0.05, 0) is 108 Å². The minimum Gasteiger partial charge on any atom is -0.492 e. The highest BCUT2D eigenvalue weighted by Gasteiger charge is 2.34. The number of carbonyl (C=O) groups excluding carboxylic acids is 1. The van der Waals surface area contributed by atoms with Crippen molar-refractivity contribution in [1.29, 1.82) is 0 Å². The second kappa shape index (κ2) is 15.8. The number of allylic oxidation sites excluding steroid dienone is 1. The normalized spacial score (nSPS) is 14.3. The highest BCUT2D eigenvalue weighted by molar-refractivity contribution is 7.10. The molecule has 5 aromatic rings. The molecule has 7 heteroatoms. The summed E-state index contributed by atoms with van der Waals surface area (Å²) in [6, 6.07) is 35.7. The van der Waals surface area contributed by atoms with E-state index < -0.39 is 6.04 Å². The van der Waals surface area contributed by atoms with Crippen LogP contribution in [0.5, 0.6) is 11.5 Å². The van der Waals surface area contributed by atoms with Crippen molar-refractivity contribution in [3.8, 4) is 11.5 Å². The van der Waals surface area contributed by atoms with Crippen LogP contribution < -0.4 is 9.47 Å². The van der Waals surface area contributed by atoms with Gasteiger partial charge in [0.1, 0.15) is 24.1 Å². The number of thiophene rings is 1. The summed E-state index contributed by atoms with van der Waals surface area (Å²) >= 11 is 8.49. The van der Waals surface area contributed by atoms with Crippen LogP contribution in [0.1, 0.15) is 52.1 Å². The molecule has 0 fully saturated rings. The number of ether oxygens (including phenoxy) is 2. The minimum atomic E-state index is -0.638. The van der Waals surface area contributed by atoms with E-state index in [0.29, 0.717) is 23.9 Å². The van der Waals surface area contributed by atoms with E-state index in [1.807, 2.05) is 74.8 Å². The Kier molecular flexibility index (Phi) is 11.1. The number of esters is 1. The molecule has 1 aromatic heterocycles. The SMILES string of the molecule is CC/C(=C(/c1ccc(OCCN(C)C)cc1)c1cccc(OC(=O)C(c2ccccc2Cl)N2CCc3sccc3C2)c1)c1ccccc1. The number of nitrogens with zero attached hydrogens (tertiary/aromatic N) is 2. The standard InChI is InChI=1S/C41H41ClN2O3S/c1-4-35(29-11-6-5-7-12-29)39(30-17-19-33(20-18-30)46-25-24-43(2)3)31-13-10-14-34(27-31)47-41(45)40(36-15-8-9-16-37(36)42)44-23-21-38-32(28-44)22-26-48-38/h5-20,22,26-27,40H,4,21,23-25,28H2,1-3H3/b39-35+. The molecule has 6 rings (SSSR count). The number of hydrogen-bond donors (Lipinski definition) is 0. The Morgan fingerprint density at radius 3 is 2.38 bits per heavy atom. The van der Waals surface area contributed by atoms with Crippen molar-refractivity contribution in [1.82, 2.24) is 9.80 Å². The van der Waals surface area contributed by atoms with Gasteiger partial charge in [-0.2, -0.15) is 0 Å². The molecule has 1 aliphatic rings. The number of halogens is 1. The first-order valence-corrected chi connectivity index (χ1v) is 17.7. The largest absolute Gasteiger partial charge is 0.492 e. The Balaban J connectivity index is 1.34. The van der Waals surface area contributed by atoms with Crippen molar-refractivity contribution in [2.45, 2.75) is 32.4 Å². The zero-order chi connectivity index (χ0) is 33.5. The van der Waals surface area contributed by atoms with Gasteiger partial charge in [-0.3, -0.25) is 4.90 Å². The molecule has 5 nitrogen and oxygen atoms in total. The fraction of sp³-hybridized carbons (Fsp3) is 0.244. The molecule has 0 aliphatic carbocycles. The minimum absolute atomic E-state index is 0.345. The molecule has 0 N–H and O–H groups in total. The van der Waals surface area contributed by atoms with Crippen LogP contribution in [0.25, 0.3) is 11.1 Å². The average molecular weight is 677 g/mol. The van der Waals surface area contributed by atoms with Gasteiger partial charge in [-0.1, -0.05) is 91.3 Å². The average Bonchev–Trinajstić information content (AvgIpc) is 3.57. The third kappa shape index (κ3) is 7.91. The monoisotopic (exact) mass is 676 g/mol. The van der Waals surface area contributed by atoms with Crippen LogP contribution in [0.4, 0.5) is 0 Å². The predicted octanol–water partition coefficient (Wildman–Crippen LogP) is 9.42. The summed E-state index contributed by atoms with van der Waals surface area (Å²) in [5.41, 5.74) is 7.49. The van der Waals surface area contributed by atoms with Gasteiger partial charge >= 0.3 is 5.97 Å². The first-order valence-electron chi connectivity index (χ1n) is 16.4. The third-order valence-electron chi connectivity index (χ3n) is 8.69. The predicted molar refractivity (Wildman–Crippen MR) is 198 cm³/mol. The maximum Gasteiger partial charge on any atom is 0.333 e. The number of rotatable bonds is 12. The molecule has 0 bridgehead atoms. The molecule has 1 aliphatic heterocycles. The molecule has 0 radical (unpaired) electrons. The van der Waals surface area contributed by atoms with E-state index in [1.165, 1.54) is 16.0 Å². The molecule has 2 heterocycles. The number of benzene rings is 4. The lowest BCUT2D eigenvalue weighted by atomic mass is 9.88. The fourth-order valence-corrected chi connectivity index (χ4v) is 7.42. The molecule has 0 spiro atoms. The molecular formula is C41H41ClN2O3S. The molecular weight excluding hydrogens is 636 g/mol. The summed E-state index contributed by atoms with van der Waals surface area (Å²) < 4.78 is 12.2. The van der Waals surface area contributed by atoms with Gasteiger partial charge in [0.05, 0.1) is 0 Å². The second-order valence-electron chi connectivity index (χ2n) is 12.2. The number of fused-ring (bicyclic) bond motifs is 1. The summed E-state index contributed by atoms with van der Waals surface area (Å²) in [5.74, 6) is 0.980. The van der Waals surface area contributed by atoms with Gasteiger partial charge in [0.15, 0.2) is 0 Å². The molecule has 1 atom stereocenters.